The van der Waals surface area contributed by atoms with Gasteiger partial charge in [0.05, 0.1) is 13.2 Å². The molecule has 0 radical (unpaired) electrons. The highest BCUT2D eigenvalue weighted by molar-refractivity contribution is 4.87. The highest BCUT2D eigenvalue weighted by Crippen LogP contribution is 2.18. The summed E-state index contributed by atoms with van der Waals surface area (Å²) in [5.41, 5.74) is 0. The molecule has 0 unspecified atom stereocenters. The second-order valence-electron chi connectivity index (χ2n) is 8.44. The average Bonchev–Trinajstić information content (AvgIpc) is 3.05. The molecule has 0 spiro atoms. The second-order valence-corrected chi connectivity index (χ2v) is 8.44. The van der Waals surface area contributed by atoms with Gasteiger partial charge in [-0.1, -0.05) is 76.9 Å². The molecule has 29 heavy (non-hydrogen) atoms. The topological polar surface area (TPSA) is 79.2 Å². The third kappa shape index (κ3) is 13.5. The number of unbranched alkanes of at least 4 members (excludes halogenated alkanes) is 12. The summed E-state index contributed by atoms with van der Waals surface area (Å²) in [5, 5.41) is 29.0. The number of allylic oxidation sites excluding steroid dienone is 2. The van der Waals surface area contributed by atoms with Crippen molar-refractivity contribution in [1.82, 2.24) is 0 Å². The van der Waals surface area contributed by atoms with E-state index in [1.54, 1.807) is 0 Å². The molecule has 1 rings (SSSR count). The molecule has 0 aromatic rings. The molecule has 0 saturated carbocycles. The van der Waals surface area contributed by atoms with E-state index in [2.05, 4.69) is 19.1 Å². The Morgan fingerprint density at radius 3 is 1.97 bits per heavy atom. The second kappa shape index (κ2) is 18.3. The van der Waals surface area contributed by atoms with E-state index >= 15 is 0 Å². The van der Waals surface area contributed by atoms with Gasteiger partial charge < -0.3 is 24.8 Å². The van der Waals surface area contributed by atoms with Crippen molar-refractivity contribution in [2.24, 2.45) is 0 Å². The van der Waals surface area contributed by atoms with E-state index in [0.29, 0.717) is 6.61 Å². The standard InChI is InChI=1S/C24H46O5/c1-2-3-4-5-6-7-8-9-10-11-12-13-14-15-16-17-18-28-19-22(26)24-23(27)21(25)20-29-24/h11-12,21-27H,2-10,13-20H2,1H3/b12-11+/t21-,22+,23+,24+/m0/s1. The third-order valence-corrected chi connectivity index (χ3v) is 5.66. The smallest absolute Gasteiger partial charge is 0.114 e. The maximum Gasteiger partial charge on any atom is 0.114 e. The molecule has 1 fully saturated rings. The fourth-order valence-corrected chi connectivity index (χ4v) is 3.72. The molecular formula is C24H46O5. The van der Waals surface area contributed by atoms with Crippen molar-refractivity contribution in [3.63, 3.8) is 0 Å². The summed E-state index contributed by atoms with van der Waals surface area (Å²) >= 11 is 0. The SMILES string of the molecule is CCCCCCCCCC/C=C/CCCCCCOC[C@@H](O)[C@H]1OC[C@H](O)[C@H]1O. The molecule has 1 aliphatic heterocycles. The van der Waals surface area contributed by atoms with E-state index in [9.17, 15) is 15.3 Å². The molecule has 0 amide bonds. The van der Waals surface area contributed by atoms with Crippen LogP contribution in [0.15, 0.2) is 12.2 Å². The van der Waals surface area contributed by atoms with Crippen LogP contribution in [-0.4, -0.2) is 59.6 Å². The molecule has 0 aromatic heterocycles. The van der Waals surface area contributed by atoms with Crippen LogP contribution in [0.2, 0.25) is 0 Å². The maximum atomic E-state index is 9.94. The minimum Gasteiger partial charge on any atom is -0.388 e. The maximum absolute atomic E-state index is 9.94. The van der Waals surface area contributed by atoms with E-state index in [-0.39, 0.29) is 13.2 Å². The Labute approximate surface area is 178 Å². The first-order valence-corrected chi connectivity index (χ1v) is 12.0. The number of aliphatic hydroxyl groups excluding tert-OH is 3. The minimum absolute atomic E-state index is 0.0659. The molecule has 1 saturated heterocycles. The predicted molar refractivity (Wildman–Crippen MR) is 118 cm³/mol. The van der Waals surface area contributed by atoms with Crippen LogP contribution in [0.5, 0.6) is 0 Å². The summed E-state index contributed by atoms with van der Waals surface area (Å²) in [6.07, 6.45) is 19.1. The van der Waals surface area contributed by atoms with Gasteiger partial charge in [0.2, 0.25) is 0 Å². The van der Waals surface area contributed by atoms with Crippen LogP contribution in [0.3, 0.4) is 0 Å². The van der Waals surface area contributed by atoms with Crippen LogP contribution >= 0.6 is 0 Å². The van der Waals surface area contributed by atoms with Gasteiger partial charge in [-0.3, -0.25) is 0 Å². The summed E-state index contributed by atoms with van der Waals surface area (Å²) < 4.78 is 10.7. The highest BCUT2D eigenvalue weighted by atomic mass is 16.5. The van der Waals surface area contributed by atoms with Crippen LogP contribution < -0.4 is 0 Å². The summed E-state index contributed by atoms with van der Waals surface area (Å²) in [6.45, 7) is 3.08. The number of hydrogen-bond acceptors (Lipinski definition) is 5. The lowest BCUT2D eigenvalue weighted by Gasteiger charge is -2.20. The van der Waals surface area contributed by atoms with Crippen molar-refractivity contribution in [1.29, 1.82) is 0 Å². The zero-order valence-electron chi connectivity index (χ0n) is 18.6. The van der Waals surface area contributed by atoms with Gasteiger partial charge in [-0.2, -0.15) is 0 Å². The lowest BCUT2D eigenvalue weighted by molar-refractivity contribution is -0.0813. The van der Waals surface area contributed by atoms with E-state index in [1.165, 1.54) is 70.6 Å². The Hall–Kier alpha value is -0.460. The van der Waals surface area contributed by atoms with Gasteiger partial charge in [-0.25, -0.2) is 0 Å². The molecule has 1 heterocycles. The van der Waals surface area contributed by atoms with Gasteiger partial charge in [0.1, 0.15) is 24.4 Å². The van der Waals surface area contributed by atoms with Gasteiger partial charge in [-0.05, 0) is 32.1 Å². The summed E-state index contributed by atoms with van der Waals surface area (Å²) in [5.74, 6) is 0. The predicted octanol–water partition coefficient (Wildman–Crippen LogP) is 4.52. The lowest BCUT2D eigenvalue weighted by atomic mass is 10.1. The van der Waals surface area contributed by atoms with Crippen molar-refractivity contribution < 1.29 is 24.8 Å². The summed E-state index contributed by atoms with van der Waals surface area (Å²) in [6, 6.07) is 0. The molecule has 5 nitrogen and oxygen atoms in total. The van der Waals surface area contributed by atoms with E-state index in [0.717, 1.165) is 19.3 Å². The normalized spacial score (nSPS) is 23.2. The van der Waals surface area contributed by atoms with Gasteiger partial charge in [0.25, 0.3) is 0 Å². The molecule has 0 aliphatic carbocycles. The Bertz CT molecular complexity index is 387. The number of hydrogen-bond donors (Lipinski definition) is 3. The molecule has 172 valence electrons. The minimum atomic E-state index is -1.03. The summed E-state index contributed by atoms with van der Waals surface area (Å²) in [4.78, 5) is 0. The van der Waals surface area contributed by atoms with Crippen molar-refractivity contribution in [3.8, 4) is 0 Å². The first-order valence-electron chi connectivity index (χ1n) is 12.0. The van der Waals surface area contributed by atoms with Crippen LogP contribution in [-0.2, 0) is 9.47 Å². The van der Waals surface area contributed by atoms with Crippen molar-refractivity contribution in [2.45, 2.75) is 121 Å². The Morgan fingerprint density at radius 1 is 0.862 bits per heavy atom. The first kappa shape index (κ1) is 26.6. The molecule has 1 aliphatic rings. The molecule has 0 aromatic carbocycles. The molecule has 4 atom stereocenters. The Balaban J connectivity index is 1.79. The Morgan fingerprint density at radius 2 is 1.41 bits per heavy atom. The average molecular weight is 415 g/mol. The zero-order chi connectivity index (χ0) is 21.2. The monoisotopic (exact) mass is 414 g/mol. The van der Waals surface area contributed by atoms with Crippen molar-refractivity contribution in [2.75, 3.05) is 19.8 Å². The van der Waals surface area contributed by atoms with E-state index in [1.807, 2.05) is 0 Å². The van der Waals surface area contributed by atoms with Gasteiger partial charge >= 0.3 is 0 Å². The number of ether oxygens (including phenoxy) is 2. The van der Waals surface area contributed by atoms with Gasteiger partial charge in [0.15, 0.2) is 0 Å². The van der Waals surface area contributed by atoms with Gasteiger partial charge in [-0.15, -0.1) is 0 Å². The number of aliphatic hydroxyl groups is 3. The van der Waals surface area contributed by atoms with Crippen LogP contribution in [0, 0.1) is 0 Å². The molecule has 0 bridgehead atoms. The quantitative estimate of drug-likeness (QED) is 0.214. The van der Waals surface area contributed by atoms with E-state index in [4.69, 9.17) is 9.47 Å². The van der Waals surface area contributed by atoms with Crippen molar-refractivity contribution in [3.05, 3.63) is 12.2 Å². The zero-order valence-corrected chi connectivity index (χ0v) is 18.6. The highest BCUT2D eigenvalue weighted by Gasteiger charge is 2.39. The fourth-order valence-electron chi connectivity index (χ4n) is 3.72. The van der Waals surface area contributed by atoms with Crippen LogP contribution in [0.1, 0.15) is 96.8 Å². The van der Waals surface area contributed by atoms with E-state index < -0.39 is 24.4 Å². The van der Waals surface area contributed by atoms with Crippen LogP contribution in [0.25, 0.3) is 0 Å². The number of rotatable bonds is 19. The van der Waals surface area contributed by atoms with Gasteiger partial charge in [0, 0.05) is 6.61 Å². The molecular weight excluding hydrogens is 368 g/mol. The first-order chi connectivity index (χ1) is 14.2. The largest absolute Gasteiger partial charge is 0.388 e. The molecule has 5 heteroatoms. The Kier molecular flexibility index (Phi) is 16.8. The van der Waals surface area contributed by atoms with Crippen LogP contribution in [0.4, 0.5) is 0 Å². The summed E-state index contributed by atoms with van der Waals surface area (Å²) in [7, 11) is 0. The van der Waals surface area contributed by atoms with Crippen molar-refractivity contribution >= 4 is 0 Å². The lowest BCUT2D eigenvalue weighted by Crippen LogP contribution is -2.40. The third-order valence-electron chi connectivity index (χ3n) is 5.66. The molecule has 3 N–H and O–H groups in total. The fraction of sp³-hybridized carbons (Fsp3) is 0.917.